The second-order valence-corrected chi connectivity index (χ2v) is 4.37. The molecule has 0 saturated carbocycles. The zero-order chi connectivity index (χ0) is 13.1. The maximum Gasteiger partial charge on any atom is 0.0587 e. The smallest absolute Gasteiger partial charge is 0.0587 e. The largest absolute Gasteiger partial charge is 0.383 e. The molecule has 1 rings (SSSR count). The second-order valence-electron chi connectivity index (χ2n) is 4.37. The Hall–Kier alpha value is -1.06. The minimum Gasteiger partial charge on any atom is -0.383 e. The summed E-state index contributed by atoms with van der Waals surface area (Å²) in [5.41, 5.74) is 1.33. The third-order valence-corrected chi connectivity index (χ3v) is 3.02. The summed E-state index contributed by atoms with van der Waals surface area (Å²) in [5.74, 6) is 0. The molecule has 0 saturated heterocycles. The highest BCUT2D eigenvalue weighted by atomic mass is 16.5. The molecule has 0 unspecified atom stereocenters. The lowest BCUT2D eigenvalue weighted by molar-refractivity contribution is 0.199. The molecule has 0 fully saturated rings. The lowest BCUT2D eigenvalue weighted by Crippen LogP contribution is -2.25. The highest BCUT2D eigenvalue weighted by Gasteiger charge is 2.02. The molecule has 18 heavy (non-hydrogen) atoms. The van der Waals surface area contributed by atoms with Gasteiger partial charge < -0.3 is 15.0 Å². The van der Waals surface area contributed by atoms with Gasteiger partial charge in [0.1, 0.15) is 0 Å². The molecule has 1 N–H and O–H groups in total. The van der Waals surface area contributed by atoms with Gasteiger partial charge in [-0.2, -0.15) is 0 Å². The molecule has 0 aliphatic rings. The normalized spacial score (nSPS) is 10.6. The van der Waals surface area contributed by atoms with Crippen molar-refractivity contribution in [3.63, 3.8) is 0 Å². The molecule has 0 aliphatic heterocycles. The number of hydrogen-bond donors (Lipinski definition) is 1. The van der Waals surface area contributed by atoms with Crippen LogP contribution in [0.5, 0.6) is 0 Å². The van der Waals surface area contributed by atoms with E-state index < -0.39 is 0 Å². The molecular weight excluding hydrogens is 224 g/mol. The van der Waals surface area contributed by atoms with Crippen LogP contribution in [0.25, 0.3) is 0 Å². The van der Waals surface area contributed by atoms with Crippen molar-refractivity contribution >= 4 is 5.69 Å². The molecular formula is C15H26N2O. The lowest BCUT2D eigenvalue weighted by atomic mass is 10.2. The quantitative estimate of drug-likeness (QED) is 0.646. The summed E-state index contributed by atoms with van der Waals surface area (Å²) in [4.78, 5) is 2.43. The Bertz CT molecular complexity index is 290. The molecule has 102 valence electrons. The van der Waals surface area contributed by atoms with Gasteiger partial charge in [-0.3, -0.25) is 0 Å². The van der Waals surface area contributed by atoms with E-state index in [2.05, 4.69) is 47.5 Å². The van der Waals surface area contributed by atoms with E-state index in [1.165, 1.54) is 18.5 Å². The minimum absolute atomic E-state index is 0.797. The van der Waals surface area contributed by atoms with Gasteiger partial charge in [-0.15, -0.1) is 0 Å². The van der Waals surface area contributed by atoms with Gasteiger partial charge in [0.2, 0.25) is 0 Å². The van der Waals surface area contributed by atoms with Crippen LogP contribution in [0.3, 0.4) is 0 Å². The van der Waals surface area contributed by atoms with Crippen LogP contribution in [0.2, 0.25) is 0 Å². The van der Waals surface area contributed by atoms with Gasteiger partial charge in [0.15, 0.2) is 0 Å². The van der Waals surface area contributed by atoms with Crippen LogP contribution < -0.4 is 10.2 Å². The first kappa shape index (κ1) is 15.0. The van der Waals surface area contributed by atoms with E-state index in [0.29, 0.717) is 0 Å². The number of ether oxygens (including phenoxy) is 1. The number of anilines is 1. The second kappa shape index (κ2) is 9.92. The molecule has 3 heteroatoms. The Morgan fingerprint density at radius 1 is 1.11 bits per heavy atom. The van der Waals surface area contributed by atoms with Gasteiger partial charge >= 0.3 is 0 Å². The average molecular weight is 250 g/mol. The van der Waals surface area contributed by atoms with E-state index in [1.54, 1.807) is 7.11 Å². The van der Waals surface area contributed by atoms with Gasteiger partial charge in [-0.1, -0.05) is 18.2 Å². The number of benzene rings is 1. The van der Waals surface area contributed by atoms with Crippen molar-refractivity contribution in [3.8, 4) is 0 Å². The van der Waals surface area contributed by atoms with Crippen LogP contribution in [-0.2, 0) is 4.74 Å². The highest BCUT2D eigenvalue weighted by molar-refractivity contribution is 5.45. The third-order valence-electron chi connectivity index (χ3n) is 3.02. The van der Waals surface area contributed by atoms with Crippen molar-refractivity contribution < 1.29 is 4.74 Å². The van der Waals surface area contributed by atoms with E-state index >= 15 is 0 Å². The summed E-state index contributed by atoms with van der Waals surface area (Å²) in [7, 11) is 1.74. The van der Waals surface area contributed by atoms with E-state index in [1.807, 2.05) is 0 Å². The van der Waals surface area contributed by atoms with Gasteiger partial charge in [-0.25, -0.2) is 0 Å². The summed E-state index contributed by atoms with van der Waals surface area (Å²) in [5, 5.41) is 3.37. The van der Waals surface area contributed by atoms with E-state index in [-0.39, 0.29) is 0 Å². The first-order valence-corrected chi connectivity index (χ1v) is 6.88. The minimum atomic E-state index is 0.797. The third kappa shape index (κ3) is 6.03. The fraction of sp³-hybridized carbons (Fsp3) is 0.600. The van der Waals surface area contributed by atoms with Crippen LogP contribution in [0.4, 0.5) is 5.69 Å². The summed E-state index contributed by atoms with van der Waals surface area (Å²) in [6.07, 6.45) is 2.44. The molecule has 0 aliphatic carbocycles. The van der Waals surface area contributed by atoms with Crippen LogP contribution in [0, 0.1) is 0 Å². The van der Waals surface area contributed by atoms with Crippen molar-refractivity contribution in [1.29, 1.82) is 0 Å². The summed E-state index contributed by atoms with van der Waals surface area (Å²) >= 11 is 0. The van der Waals surface area contributed by atoms with Crippen LogP contribution >= 0.6 is 0 Å². The summed E-state index contributed by atoms with van der Waals surface area (Å²) in [6.45, 7) is 7.24. The monoisotopic (exact) mass is 250 g/mol. The Labute approximate surface area is 111 Å². The maximum absolute atomic E-state index is 4.99. The van der Waals surface area contributed by atoms with Gasteiger partial charge in [0, 0.05) is 32.4 Å². The number of hydrogen-bond acceptors (Lipinski definition) is 3. The zero-order valence-electron chi connectivity index (χ0n) is 11.7. The average Bonchev–Trinajstić information content (AvgIpc) is 2.43. The Morgan fingerprint density at radius 3 is 2.56 bits per heavy atom. The Kier molecular flexibility index (Phi) is 8.26. The van der Waals surface area contributed by atoms with Crippen molar-refractivity contribution in [2.75, 3.05) is 44.8 Å². The number of para-hydroxylation sites is 1. The molecule has 3 nitrogen and oxygen atoms in total. The van der Waals surface area contributed by atoms with Crippen molar-refractivity contribution in [2.24, 2.45) is 0 Å². The lowest BCUT2D eigenvalue weighted by Gasteiger charge is -2.23. The highest BCUT2D eigenvalue weighted by Crippen LogP contribution is 2.13. The Balaban J connectivity index is 2.13. The van der Waals surface area contributed by atoms with Gasteiger partial charge in [0.25, 0.3) is 0 Å². The summed E-state index contributed by atoms with van der Waals surface area (Å²) < 4.78 is 4.99. The van der Waals surface area contributed by atoms with E-state index in [4.69, 9.17) is 4.74 Å². The molecule has 0 heterocycles. The number of nitrogens with zero attached hydrogens (tertiary/aromatic N) is 1. The number of methoxy groups -OCH3 is 1. The van der Waals surface area contributed by atoms with Crippen molar-refractivity contribution in [2.45, 2.75) is 19.8 Å². The number of unbranched alkanes of at least 4 members (excludes halogenated alkanes) is 1. The first-order chi connectivity index (χ1) is 8.88. The molecule has 0 bridgehead atoms. The van der Waals surface area contributed by atoms with Gasteiger partial charge in [-0.05, 0) is 38.4 Å². The fourth-order valence-electron chi connectivity index (χ4n) is 1.96. The Morgan fingerprint density at radius 2 is 1.89 bits per heavy atom. The SMILES string of the molecule is CCN(CCCCNCCOC)c1ccccc1. The maximum atomic E-state index is 4.99. The molecule has 0 spiro atoms. The first-order valence-electron chi connectivity index (χ1n) is 6.88. The topological polar surface area (TPSA) is 24.5 Å². The fourth-order valence-corrected chi connectivity index (χ4v) is 1.96. The van der Waals surface area contributed by atoms with Crippen LogP contribution in [0.1, 0.15) is 19.8 Å². The predicted octanol–water partition coefficient (Wildman–Crippen LogP) is 2.53. The molecule has 1 aromatic carbocycles. The molecule has 1 aromatic rings. The number of nitrogens with one attached hydrogen (secondary N) is 1. The van der Waals surface area contributed by atoms with Crippen LogP contribution in [-0.4, -0.2) is 39.9 Å². The standard InChI is InChI=1S/C15H26N2O/c1-3-17(15-9-5-4-6-10-15)13-8-7-11-16-12-14-18-2/h4-6,9-10,16H,3,7-8,11-14H2,1-2H3. The van der Waals surface area contributed by atoms with Crippen LogP contribution in [0.15, 0.2) is 30.3 Å². The molecule has 0 atom stereocenters. The van der Waals surface area contributed by atoms with Crippen molar-refractivity contribution in [3.05, 3.63) is 30.3 Å². The zero-order valence-corrected chi connectivity index (χ0v) is 11.7. The predicted molar refractivity (Wildman–Crippen MR) is 78.3 cm³/mol. The van der Waals surface area contributed by atoms with Gasteiger partial charge in [0.05, 0.1) is 6.61 Å². The number of rotatable bonds is 10. The molecule has 0 amide bonds. The molecule has 0 radical (unpaired) electrons. The van der Waals surface area contributed by atoms with E-state index in [9.17, 15) is 0 Å². The van der Waals surface area contributed by atoms with Crippen molar-refractivity contribution in [1.82, 2.24) is 5.32 Å². The molecule has 0 aromatic heterocycles. The summed E-state index contributed by atoms with van der Waals surface area (Å²) in [6, 6.07) is 10.6. The van der Waals surface area contributed by atoms with E-state index in [0.717, 1.165) is 32.8 Å².